The van der Waals surface area contributed by atoms with E-state index in [1.165, 1.54) is 0 Å². The van der Waals surface area contributed by atoms with Gasteiger partial charge in [0.2, 0.25) is 0 Å². The highest BCUT2D eigenvalue weighted by atomic mass is 35.5. The number of nitrogens with one attached hydrogen (secondary N) is 1. The van der Waals surface area contributed by atoms with E-state index in [2.05, 4.69) is 15.4 Å². The Kier molecular flexibility index (Phi) is 4.77. The van der Waals surface area contributed by atoms with Gasteiger partial charge in [-0.3, -0.25) is 4.79 Å². The first-order chi connectivity index (χ1) is 11.9. The Balaban J connectivity index is 1.93. The number of aryl methyl sites for hydroxylation is 1. The molecule has 0 fully saturated rings. The van der Waals surface area contributed by atoms with Crippen molar-refractivity contribution in [3.05, 3.63) is 58.4 Å². The molecule has 0 spiro atoms. The monoisotopic (exact) mass is 356 g/mol. The molecule has 130 valence electrons. The lowest BCUT2D eigenvalue weighted by atomic mass is 10.1. The lowest BCUT2D eigenvalue weighted by molar-refractivity contribution is 0.0941. The Bertz CT molecular complexity index is 915. The largest absolute Gasteiger partial charge is 0.345 e. The number of aromatic nitrogens is 3. The Hall–Kier alpha value is -2.40. The van der Waals surface area contributed by atoms with Gasteiger partial charge in [-0.15, -0.1) is 0 Å². The molecule has 0 radical (unpaired) electrons. The molecule has 0 saturated heterocycles. The van der Waals surface area contributed by atoms with Crippen molar-refractivity contribution in [1.29, 1.82) is 0 Å². The first-order valence-corrected chi connectivity index (χ1v) is 8.66. The number of halogens is 1. The molecule has 1 N–H and O–H groups in total. The number of benzene rings is 1. The lowest BCUT2D eigenvalue weighted by Crippen LogP contribution is -2.27. The Morgan fingerprint density at radius 1 is 1.20 bits per heavy atom. The van der Waals surface area contributed by atoms with Crippen LogP contribution in [0, 0.1) is 6.92 Å². The van der Waals surface area contributed by atoms with Crippen molar-refractivity contribution in [3.8, 4) is 0 Å². The van der Waals surface area contributed by atoms with Crippen molar-refractivity contribution < 1.29 is 4.79 Å². The van der Waals surface area contributed by atoms with E-state index in [0.29, 0.717) is 10.6 Å². The van der Waals surface area contributed by atoms with E-state index in [-0.39, 0.29) is 18.0 Å². The number of carbonyl (C=O) groups is 1. The van der Waals surface area contributed by atoms with Gasteiger partial charge >= 0.3 is 0 Å². The van der Waals surface area contributed by atoms with E-state index in [4.69, 9.17) is 11.6 Å². The number of amides is 1. The average Bonchev–Trinajstić information content (AvgIpc) is 2.98. The molecular weight excluding hydrogens is 336 g/mol. The van der Waals surface area contributed by atoms with Crippen LogP contribution in [0.25, 0.3) is 11.0 Å². The number of fused-ring (bicyclic) bond motifs is 1. The Labute approximate surface area is 152 Å². The van der Waals surface area contributed by atoms with Gasteiger partial charge in [0.25, 0.3) is 5.91 Å². The van der Waals surface area contributed by atoms with Crippen molar-refractivity contribution >= 4 is 28.5 Å². The molecule has 25 heavy (non-hydrogen) atoms. The minimum Gasteiger partial charge on any atom is -0.345 e. The summed E-state index contributed by atoms with van der Waals surface area (Å²) in [6, 6.07) is 9.32. The van der Waals surface area contributed by atoms with E-state index in [9.17, 15) is 4.79 Å². The quantitative estimate of drug-likeness (QED) is 0.750. The van der Waals surface area contributed by atoms with Crippen LogP contribution in [0.5, 0.6) is 0 Å². The fourth-order valence-electron chi connectivity index (χ4n) is 2.82. The average molecular weight is 357 g/mol. The second kappa shape index (κ2) is 6.84. The SMILES string of the molecule is Cc1cc(C(=O)NC(C)c2ccc(Cl)cc2)c2cnn(C(C)C)c2n1. The van der Waals surface area contributed by atoms with Crippen LogP contribution in [0.3, 0.4) is 0 Å². The smallest absolute Gasteiger partial charge is 0.252 e. The molecule has 0 aliphatic carbocycles. The summed E-state index contributed by atoms with van der Waals surface area (Å²) in [4.78, 5) is 17.4. The second-order valence-electron chi connectivity index (χ2n) is 6.48. The van der Waals surface area contributed by atoms with E-state index in [0.717, 1.165) is 22.3 Å². The number of rotatable bonds is 4. The zero-order chi connectivity index (χ0) is 18.1. The fraction of sp³-hybridized carbons (Fsp3) is 0.316. The molecule has 0 saturated carbocycles. The van der Waals surface area contributed by atoms with Gasteiger partial charge in [0, 0.05) is 16.8 Å². The van der Waals surface area contributed by atoms with Crippen molar-refractivity contribution in [2.45, 2.75) is 39.8 Å². The Morgan fingerprint density at radius 2 is 1.88 bits per heavy atom. The van der Waals surface area contributed by atoms with Crippen molar-refractivity contribution in [1.82, 2.24) is 20.1 Å². The molecule has 1 atom stereocenters. The van der Waals surface area contributed by atoms with Crippen LogP contribution in [-0.4, -0.2) is 20.7 Å². The van der Waals surface area contributed by atoms with Gasteiger partial charge in [-0.05, 0) is 51.5 Å². The minimum atomic E-state index is -0.138. The van der Waals surface area contributed by atoms with Gasteiger partial charge in [0.15, 0.2) is 5.65 Å². The van der Waals surface area contributed by atoms with E-state index in [1.807, 2.05) is 56.6 Å². The number of carbonyl (C=O) groups excluding carboxylic acids is 1. The second-order valence-corrected chi connectivity index (χ2v) is 6.91. The van der Waals surface area contributed by atoms with Crippen LogP contribution in [0.4, 0.5) is 0 Å². The van der Waals surface area contributed by atoms with Crippen LogP contribution >= 0.6 is 11.6 Å². The molecule has 2 heterocycles. The zero-order valence-corrected chi connectivity index (χ0v) is 15.5. The van der Waals surface area contributed by atoms with Gasteiger partial charge in [0.1, 0.15) is 0 Å². The first-order valence-electron chi connectivity index (χ1n) is 8.28. The van der Waals surface area contributed by atoms with E-state index >= 15 is 0 Å². The summed E-state index contributed by atoms with van der Waals surface area (Å²) < 4.78 is 1.84. The van der Waals surface area contributed by atoms with Crippen LogP contribution in [0.15, 0.2) is 36.5 Å². The van der Waals surface area contributed by atoms with Crippen LogP contribution < -0.4 is 5.32 Å². The van der Waals surface area contributed by atoms with E-state index in [1.54, 1.807) is 12.3 Å². The molecule has 3 rings (SSSR count). The minimum absolute atomic E-state index is 0.131. The lowest BCUT2D eigenvalue weighted by Gasteiger charge is -2.15. The first kappa shape index (κ1) is 17.4. The van der Waals surface area contributed by atoms with Crippen LogP contribution in [0.2, 0.25) is 5.02 Å². The van der Waals surface area contributed by atoms with E-state index < -0.39 is 0 Å². The third-order valence-electron chi connectivity index (χ3n) is 4.15. The molecule has 1 unspecified atom stereocenters. The summed E-state index contributed by atoms with van der Waals surface area (Å²) in [6.45, 7) is 7.91. The fourth-order valence-corrected chi connectivity index (χ4v) is 2.94. The molecule has 2 aromatic heterocycles. The maximum atomic E-state index is 12.8. The van der Waals surface area contributed by atoms with Gasteiger partial charge in [-0.25, -0.2) is 9.67 Å². The maximum absolute atomic E-state index is 12.8. The number of hydrogen-bond donors (Lipinski definition) is 1. The van der Waals surface area contributed by atoms with Gasteiger partial charge in [-0.1, -0.05) is 23.7 Å². The summed E-state index contributed by atoms with van der Waals surface area (Å²) in [6.07, 6.45) is 1.71. The molecule has 0 aliphatic heterocycles. The predicted octanol–water partition coefficient (Wildman–Crippen LogP) is 4.47. The Morgan fingerprint density at radius 3 is 2.52 bits per heavy atom. The van der Waals surface area contributed by atoms with Crippen molar-refractivity contribution in [2.24, 2.45) is 0 Å². The number of pyridine rings is 1. The molecule has 0 aliphatic rings. The third kappa shape index (κ3) is 3.51. The molecule has 1 aromatic carbocycles. The molecule has 3 aromatic rings. The van der Waals surface area contributed by atoms with Crippen molar-refractivity contribution in [3.63, 3.8) is 0 Å². The highest BCUT2D eigenvalue weighted by Crippen LogP contribution is 2.22. The maximum Gasteiger partial charge on any atom is 0.252 e. The third-order valence-corrected chi connectivity index (χ3v) is 4.40. The molecule has 6 heteroatoms. The highest BCUT2D eigenvalue weighted by molar-refractivity contribution is 6.30. The predicted molar refractivity (Wildman–Crippen MR) is 100.0 cm³/mol. The standard InChI is InChI=1S/C19H21ClN4O/c1-11(2)24-18-17(10-21-24)16(9-12(3)22-18)19(25)23-13(4)14-5-7-15(20)8-6-14/h5-11,13H,1-4H3,(H,23,25). The van der Waals surface area contributed by atoms with Gasteiger partial charge < -0.3 is 5.32 Å². The van der Waals surface area contributed by atoms with Crippen LogP contribution in [0.1, 0.15) is 54.5 Å². The molecule has 0 bridgehead atoms. The molecular formula is C19H21ClN4O. The molecule has 1 amide bonds. The number of nitrogens with zero attached hydrogens (tertiary/aromatic N) is 3. The summed E-state index contributed by atoms with van der Waals surface area (Å²) in [7, 11) is 0. The normalized spacial score (nSPS) is 12.6. The van der Waals surface area contributed by atoms with Gasteiger partial charge in [-0.2, -0.15) is 5.10 Å². The van der Waals surface area contributed by atoms with Crippen molar-refractivity contribution in [2.75, 3.05) is 0 Å². The summed E-state index contributed by atoms with van der Waals surface area (Å²) in [5.74, 6) is -0.138. The number of hydrogen-bond acceptors (Lipinski definition) is 3. The van der Waals surface area contributed by atoms with Crippen LogP contribution in [-0.2, 0) is 0 Å². The summed E-state index contributed by atoms with van der Waals surface area (Å²) >= 11 is 5.92. The summed E-state index contributed by atoms with van der Waals surface area (Å²) in [5.41, 5.74) is 3.12. The highest BCUT2D eigenvalue weighted by Gasteiger charge is 2.18. The zero-order valence-electron chi connectivity index (χ0n) is 14.7. The topological polar surface area (TPSA) is 59.8 Å². The van der Waals surface area contributed by atoms with Gasteiger partial charge in [0.05, 0.1) is 23.2 Å². The molecule has 5 nitrogen and oxygen atoms in total. The summed E-state index contributed by atoms with van der Waals surface area (Å²) in [5, 5.41) is 8.87.